The van der Waals surface area contributed by atoms with E-state index in [1.165, 1.54) is 24.0 Å². The van der Waals surface area contributed by atoms with Gasteiger partial charge in [0.2, 0.25) is 0 Å². The predicted octanol–water partition coefficient (Wildman–Crippen LogP) is 5.73. The van der Waals surface area contributed by atoms with E-state index in [4.69, 9.17) is 0 Å². The van der Waals surface area contributed by atoms with Crippen LogP contribution in [0, 0.1) is 12.2 Å². The van der Waals surface area contributed by atoms with Gasteiger partial charge in [-0.05, 0) is 0 Å². The molecule has 2 aliphatic carbocycles. The van der Waals surface area contributed by atoms with Gasteiger partial charge in [0, 0.05) is 25.8 Å². The molecule has 0 heterocycles. The van der Waals surface area contributed by atoms with Gasteiger partial charge in [-0.2, -0.15) is 12.2 Å². The van der Waals surface area contributed by atoms with Crippen LogP contribution in [-0.4, -0.2) is 0 Å². The molecular weight excluding hydrogens is 395 g/mol. The molecule has 0 saturated carbocycles. The molecule has 0 N–H and O–H groups in total. The van der Waals surface area contributed by atoms with Crippen molar-refractivity contribution in [3.8, 4) is 0 Å². The van der Waals surface area contributed by atoms with Gasteiger partial charge in [0.15, 0.2) is 0 Å². The first-order valence-corrected chi connectivity index (χ1v) is 7.34. The zero-order chi connectivity index (χ0) is 13.4. The Kier molecular flexibility index (Phi) is 10.5. The molecule has 0 amide bonds. The third-order valence-corrected chi connectivity index (χ3v) is 3.66. The van der Waals surface area contributed by atoms with E-state index in [9.17, 15) is 0 Å². The molecule has 0 unspecified atom stereocenters. The molecule has 19 heavy (non-hydrogen) atoms. The maximum Gasteiger partial charge on any atom is 0 e. The molecule has 0 aromatic carbocycles. The third-order valence-electron chi connectivity index (χ3n) is 3.66. The van der Waals surface area contributed by atoms with Crippen LogP contribution in [0.15, 0.2) is 34.4 Å². The Labute approximate surface area is 138 Å². The van der Waals surface area contributed by atoms with Gasteiger partial charge < -0.3 is 0 Å². The number of allylic oxidation sites excluding steroid dienone is 8. The standard InChI is InChI=1S/2C9H13.Hf/c2*1-3-8-6-5-7-9(8)4-2;/h2*5H,3-4,6H2,1-2H3;/q2*-1;. The van der Waals surface area contributed by atoms with Crippen LogP contribution in [0.2, 0.25) is 0 Å². The Morgan fingerprint density at radius 1 is 0.737 bits per heavy atom. The Balaban J connectivity index is 0.000000324. The van der Waals surface area contributed by atoms with Crippen molar-refractivity contribution in [2.45, 2.75) is 66.2 Å². The van der Waals surface area contributed by atoms with E-state index in [-0.39, 0.29) is 25.8 Å². The Morgan fingerprint density at radius 2 is 1.11 bits per heavy atom. The Bertz CT molecular complexity index is 342. The van der Waals surface area contributed by atoms with Crippen molar-refractivity contribution in [1.29, 1.82) is 0 Å². The van der Waals surface area contributed by atoms with Crippen molar-refractivity contribution in [3.63, 3.8) is 0 Å². The molecule has 0 fully saturated rings. The summed E-state index contributed by atoms with van der Waals surface area (Å²) in [5.74, 6) is 0. The van der Waals surface area contributed by atoms with Gasteiger partial charge in [0.25, 0.3) is 0 Å². The van der Waals surface area contributed by atoms with Crippen molar-refractivity contribution in [2.75, 3.05) is 0 Å². The molecule has 0 aromatic heterocycles. The molecule has 2 aliphatic rings. The number of hydrogen-bond acceptors (Lipinski definition) is 0. The molecule has 0 aromatic rings. The van der Waals surface area contributed by atoms with E-state index in [2.05, 4.69) is 52.0 Å². The van der Waals surface area contributed by atoms with Gasteiger partial charge in [0.1, 0.15) is 0 Å². The van der Waals surface area contributed by atoms with Crippen LogP contribution in [0.5, 0.6) is 0 Å². The minimum absolute atomic E-state index is 0. The van der Waals surface area contributed by atoms with E-state index in [1.807, 2.05) is 0 Å². The summed E-state index contributed by atoms with van der Waals surface area (Å²) in [6, 6.07) is 0. The smallest absolute Gasteiger partial charge is 0 e. The van der Waals surface area contributed by atoms with Gasteiger partial charge in [-0.15, -0.1) is 12.8 Å². The monoisotopic (exact) mass is 422 g/mol. The molecule has 0 aliphatic heterocycles. The van der Waals surface area contributed by atoms with Crippen LogP contribution < -0.4 is 0 Å². The van der Waals surface area contributed by atoms with Crippen molar-refractivity contribution in [3.05, 3.63) is 46.6 Å². The minimum Gasteiger partial charge on any atom is -0.253 e. The maximum absolute atomic E-state index is 3.26. The van der Waals surface area contributed by atoms with E-state index in [0.717, 1.165) is 25.7 Å². The molecule has 0 spiro atoms. The van der Waals surface area contributed by atoms with Crippen molar-refractivity contribution in [2.24, 2.45) is 0 Å². The van der Waals surface area contributed by atoms with Crippen LogP contribution >= 0.6 is 0 Å². The topological polar surface area (TPSA) is 0 Å². The quantitative estimate of drug-likeness (QED) is 0.402. The predicted molar refractivity (Wildman–Crippen MR) is 80.1 cm³/mol. The summed E-state index contributed by atoms with van der Waals surface area (Å²) in [4.78, 5) is 0. The summed E-state index contributed by atoms with van der Waals surface area (Å²) < 4.78 is 0. The first-order chi connectivity index (χ1) is 8.76. The van der Waals surface area contributed by atoms with Crippen molar-refractivity contribution >= 4 is 0 Å². The first kappa shape index (κ1) is 18.8. The zero-order valence-electron chi connectivity index (χ0n) is 12.9. The van der Waals surface area contributed by atoms with Gasteiger partial charge >= 0.3 is 0 Å². The second-order valence-electron chi connectivity index (χ2n) is 4.68. The SMILES string of the molecule is CCC1=C(CC)CC=[C-]1.CCC1=C(CC)CC=[C-]1.[Hf]. The van der Waals surface area contributed by atoms with Crippen molar-refractivity contribution in [1.82, 2.24) is 0 Å². The summed E-state index contributed by atoms with van der Waals surface area (Å²) in [6.45, 7) is 8.81. The van der Waals surface area contributed by atoms with Gasteiger partial charge in [-0.3, -0.25) is 12.2 Å². The third kappa shape index (κ3) is 5.77. The van der Waals surface area contributed by atoms with E-state index in [1.54, 1.807) is 11.1 Å². The van der Waals surface area contributed by atoms with Crippen molar-refractivity contribution < 1.29 is 25.8 Å². The molecule has 0 radical (unpaired) electrons. The molecule has 0 nitrogen and oxygen atoms in total. The summed E-state index contributed by atoms with van der Waals surface area (Å²) >= 11 is 0. The van der Waals surface area contributed by atoms with Crippen LogP contribution in [-0.2, 0) is 25.8 Å². The normalized spacial score (nSPS) is 16.6. The Hall–Kier alpha value is -0.170. The fourth-order valence-electron chi connectivity index (χ4n) is 2.46. The second-order valence-corrected chi connectivity index (χ2v) is 4.68. The maximum atomic E-state index is 3.26. The second kappa shape index (κ2) is 10.6. The fourth-order valence-corrected chi connectivity index (χ4v) is 2.46. The summed E-state index contributed by atoms with van der Waals surface area (Å²) in [5.41, 5.74) is 6.05. The molecule has 0 bridgehead atoms. The molecule has 1 heteroatoms. The zero-order valence-corrected chi connectivity index (χ0v) is 16.5. The average Bonchev–Trinajstić information content (AvgIpc) is 3.06. The molecule has 2 rings (SSSR count). The van der Waals surface area contributed by atoms with Gasteiger partial charge in [-0.25, -0.2) is 22.3 Å². The van der Waals surface area contributed by atoms with Crippen LogP contribution in [0.1, 0.15) is 66.2 Å². The van der Waals surface area contributed by atoms with Crippen LogP contribution in [0.4, 0.5) is 0 Å². The molecule has 0 saturated heterocycles. The van der Waals surface area contributed by atoms with E-state index in [0.29, 0.717) is 0 Å². The molecule has 0 atom stereocenters. The average molecular weight is 421 g/mol. The number of hydrogen-bond donors (Lipinski definition) is 0. The van der Waals surface area contributed by atoms with Crippen LogP contribution in [0.25, 0.3) is 0 Å². The fraction of sp³-hybridized carbons (Fsp3) is 0.556. The van der Waals surface area contributed by atoms with Gasteiger partial charge in [-0.1, -0.05) is 53.4 Å². The number of rotatable bonds is 4. The van der Waals surface area contributed by atoms with Gasteiger partial charge in [0.05, 0.1) is 0 Å². The van der Waals surface area contributed by atoms with E-state index >= 15 is 0 Å². The summed E-state index contributed by atoms with van der Waals surface area (Å²) in [6.07, 6.45) is 17.8. The Morgan fingerprint density at radius 3 is 1.32 bits per heavy atom. The van der Waals surface area contributed by atoms with E-state index < -0.39 is 0 Å². The minimum atomic E-state index is 0. The molecular formula is C18H26Hf-2. The largest absolute Gasteiger partial charge is 0.253 e. The summed E-state index contributed by atoms with van der Waals surface area (Å²) in [7, 11) is 0. The molecule has 104 valence electrons. The summed E-state index contributed by atoms with van der Waals surface area (Å²) in [5, 5.41) is 0. The first-order valence-electron chi connectivity index (χ1n) is 7.34. The van der Waals surface area contributed by atoms with Crippen LogP contribution in [0.3, 0.4) is 0 Å².